The maximum atomic E-state index is 11.8. The van der Waals surface area contributed by atoms with E-state index in [1.807, 2.05) is 30.7 Å². The largest absolute Gasteiger partial charge is 0.350 e. The summed E-state index contributed by atoms with van der Waals surface area (Å²) in [7, 11) is -1.20. The van der Waals surface area contributed by atoms with E-state index in [-0.39, 0.29) is 24.9 Å². The summed E-state index contributed by atoms with van der Waals surface area (Å²) >= 11 is 0. The number of aryl methyl sites for hydroxylation is 1. The molecular weight excluding hydrogens is 266 g/mol. The van der Waals surface area contributed by atoms with Gasteiger partial charge in [-0.1, -0.05) is 0 Å². The normalized spacial score (nSPS) is 17.2. The molecule has 6 nitrogen and oxygen atoms in total. The summed E-state index contributed by atoms with van der Waals surface area (Å²) in [5, 5.41) is 2.85. The van der Waals surface area contributed by atoms with Crippen LogP contribution in [0.5, 0.6) is 0 Å². The van der Waals surface area contributed by atoms with Crippen molar-refractivity contribution in [1.29, 1.82) is 0 Å². The molecule has 0 radical (unpaired) electrons. The quantitative estimate of drug-likeness (QED) is 0.835. The summed E-state index contributed by atoms with van der Waals surface area (Å²) in [6, 6.07) is 3.97. The highest BCUT2D eigenvalue weighted by molar-refractivity contribution is 7.88. The topological polar surface area (TPSA) is 71.4 Å². The highest BCUT2D eigenvalue weighted by atomic mass is 32.2. The van der Waals surface area contributed by atoms with Crippen molar-refractivity contribution in [2.24, 2.45) is 13.0 Å². The van der Waals surface area contributed by atoms with E-state index in [9.17, 15) is 13.2 Å². The summed E-state index contributed by atoms with van der Waals surface area (Å²) in [5.74, 6) is -0.310. The van der Waals surface area contributed by atoms with Crippen molar-refractivity contribution in [1.82, 2.24) is 14.2 Å². The maximum absolute atomic E-state index is 11.8. The minimum Gasteiger partial charge on any atom is -0.350 e. The van der Waals surface area contributed by atoms with Crippen molar-refractivity contribution in [2.45, 2.75) is 13.5 Å². The van der Waals surface area contributed by atoms with Crippen molar-refractivity contribution < 1.29 is 13.2 Å². The average Bonchev–Trinajstić information content (AvgIpc) is 2.53. The molecule has 2 rings (SSSR count). The number of carbonyl (C=O) groups excluding carboxylic acids is 1. The molecule has 106 valence electrons. The minimum absolute atomic E-state index is 0.0845. The van der Waals surface area contributed by atoms with Crippen molar-refractivity contribution in [3.8, 4) is 0 Å². The van der Waals surface area contributed by atoms with E-state index in [0.29, 0.717) is 6.54 Å². The van der Waals surface area contributed by atoms with Crippen LogP contribution in [0.1, 0.15) is 11.4 Å². The van der Waals surface area contributed by atoms with Gasteiger partial charge in [0, 0.05) is 31.5 Å². The molecular formula is C12H19N3O3S. The van der Waals surface area contributed by atoms with Crippen LogP contribution in [0.15, 0.2) is 12.1 Å². The molecule has 19 heavy (non-hydrogen) atoms. The Labute approximate surface area is 113 Å². The lowest BCUT2D eigenvalue weighted by Gasteiger charge is -2.35. The van der Waals surface area contributed by atoms with E-state index in [2.05, 4.69) is 5.32 Å². The van der Waals surface area contributed by atoms with Gasteiger partial charge in [-0.2, -0.15) is 0 Å². The van der Waals surface area contributed by atoms with Gasteiger partial charge >= 0.3 is 0 Å². The summed E-state index contributed by atoms with van der Waals surface area (Å²) in [6.45, 7) is 3.05. The zero-order valence-corrected chi connectivity index (χ0v) is 12.2. The first-order valence-electron chi connectivity index (χ1n) is 6.13. The van der Waals surface area contributed by atoms with Crippen LogP contribution >= 0.6 is 0 Å². The standard InChI is InChI=1S/C12H19N3O3S/c1-9-4-5-11(14(9)2)6-13-12(16)10-7-15(8-10)19(3,17)18/h4-5,10H,6-8H2,1-3H3,(H,13,16). The predicted octanol–water partition coefficient (Wildman–Crippen LogP) is -0.159. The van der Waals surface area contributed by atoms with E-state index in [1.54, 1.807) is 0 Å². The minimum atomic E-state index is -3.15. The Morgan fingerprint density at radius 1 is 1.42 bits per heavy atom. The third kappa shape index (κ3) is 2.98. The van der Waals surface area contributed by atoms with Gasteiger partial charge in [-0.3, -0.25) is 4.79 Å². The Balaban J connectivity index is 1.83. The molecule has 1 aromatic rings. The summed E-state index contributed by atoms with van der Waals surface area (Å²) in [5.41, 5.74) is 2.17. The molecule has 1 aliphatic rings. The van der Waals surface area contributed by atoms with Crippen molar-refractivity contribution in [3.63, 3.8) is 0 Å². The molecule has 1 fully saturated rings. The molecule has 1 aliphatic heterocycles. The predicted molar refractivity (Wildman–Crippen MR) is 71.9 cm³/mol. The summed E-state index contributed by atoms with van der Waals surface area (Å²) in [6.07, 6.45) is 1.16. The van der Waals surface area contributed by atoms with Crippen LogP contribution in [0.25, 0.3) is 0 Å². The zero-order valence-electron chi connectivity index (χ0n) is 11.4. The first kappa shape index (κ1) is 14.1. The van der Waals surface area contributed by atoms with E-state index in [1.165, 1.54) is 4.31 Å². The Morgan fingerprint density at radius 3 is 2.53 bits per heavy atom. The molecule has 1 aromatic heterocycles. The number of nitrogens with zero attached hydrogens (tertiary/aromatic N) is 2. The lowest BCUT2D eigenvalue weighted by atomic mass is 10.0. The van der Waals surface area contributed by atoms with E-state index in [4.69, 9.17) is 0 Å². The first-order chi connectivity index (χ1) is 8.79. The van der Waals surface area contributed by atoms with Crippen LogP contribution in [-0.2, 0) is 28.4 Å². The molecule has 0 unspecified atom stereocenters. The van der Waals surface area contributed by atoms with Crippen molar-refractivity contribution in [3.05, 3.63) is 23.5 Å². The van der Waals surface area contributed by atoms with Crippen LogP contribution in [0.4, 0.5) is 0 Å². The molecule has 0 atom stereocenters. The van der Waals surface area contributed by atoms with Crippen LogP contribution in [0.3, 0.4) is 0 Å². The Morgan fingerprint density at radius 2 is 2.05 bits per heavy atom. The van der Waals surface area contributed by atoms with Crippen LogP contribution in [0, 0.1) is 12.8 Å². The third-order valence-corrected chi connectivity index (χ3v) is 4.84. The molecule has 0 aliphatic carbocycles. The van der Waals surface area contributed by atoms with Gasteiger partial charge in [0.1, 0.15) is 0 Å². The van der Waals surface area contributed by atoms with Gasteiger partial charge in [-0.25, -0.2) is 12.7 Å². The number of amides is 1. The van der Waals surface area contributed by atoms with E-state index in [0.717, 1.165) is 17.6 Å². The number of hydrogen-bond donors (Lipinski definition) is 1. The highest BCUT2D eigenvalue weighted by Gasteiger charge is 2.37. The summed E-state index contributed by atoms with van der Waals surface area (Å²) in [4.78, 5) is 11.8. The van der Waals surface area contributed by atoms with Gasteiger partial charge < -0.3 is 9.88 Å². The molecule has 1 N–H and O–H groups in total. The second kappa shape index (κ2) is 4.97. The maximum Gasteiger partial charge on any atom is 0.226 e. The molecule has 7 heteroatoms. The molecule has 0 spiro atoms. The van der Waals surface area contributed by atoms with Gasteiger partial charge in [-0.15, -0.1) is 0 Å². The van der Waals surface area contributed by atoms with Gasteiger partial charge in [0.25, 0.3) is 0 Å². The second-order valence-corrected chi connectivity index (χ2v) is 7.00. The number of nitrogens with one attached hydrogen (secondary N) is 1. The number of aromatic nitrogens is 1. The number of carbonyl (C=O) groups is 1. The zero-order chi connectivity index (χ0) is 14.2. The van der Waals surface area contributed by atoms with Crippen molar-refractivity contribution >= 4 is 15.9 Å². The fraction of sp³-hybridized carbons (Fsp3) is 0.583. The van der Waals surface area contributed by atoms with E-state index >= 15 is 0 Å². The van der Waals surface area contributed by atoms with Gasteiger partial charge in [0.15, 0.2) is 0 Å². The molecule has 2 heterocycles. The monoisotopic (exact) mass is 285 g/mol. The van der Waals surface area contributed by atoms with Crippen molar-refractivity contribution in [2.75, 3.05) is 19.3 Å². The highest BCUT2D eigenvalue weighted by Crippen LogP contribution is 2.18. The van der Waals surface area contributed by atoms with Crippen LogP contribution in [0.2, 0.25) is 0 Å². The SMILES string of the molecule is Cc1ccc(CNC(=O)C2CN(S(C)(=O)=O)C2)n1C. The van der Waals surface area contributed by atoms with E-state index < -0.39 is 10.0 Å². The van der Waals surface area contributed by atoms with Gasteiger partial charge in [0.05, 0.1) is 18.7 Å². The molecule has 0 saturated carbocycles. The molecule has 0 bridgehead atoms. The Bertz CT molecular complexity index is 585. The number of hydrogen-bond acceptors (Lipinski definition) is 3. The van der Waals surface area contributed by atoms with Crippen LogP contribution in [-0.4, -0.2) is 42.5 Å². The first-order valence-corrected chi connectivity index (χ1v) is 7.98. The Kier molecular flexibility index (Phi) is 3.69. The summed E-state index contributed by atoms with van der Waals surface area (Å²) < 4.78 is 25.7. The average molecular weight is 285 g/mol. The molecule has 0 aromatic carbocycles. The second-order valence-electron chi connectivity index (χ2n) is 5.02. The van der Waals surface area contributed by atoms with Gasteiger partial charge in [-0.05, 0) is 19.1 Å². The van der Waals surface area contributed by atoms with Gasteiger partial charge in [0.2, 0.25) is 15.9 Å². The third-order valence-electron chi connectivity index (χ3n) is 3.61. The number of rotatable bonds is 4. The van der Waals surface area contributed by atoms with Crippen LogP contribution < -0.4 is 5.32 Å². The lowest BCUT2D eigenvalue weighted by Crippen LogP contribution is -2.55. The smallest absolute Gasteiger partial charge is 0.226 e. The fourth-order valence-electron chi connectivity index (χ4n) is 2.04. The fourth-order valence-corrected chi connectivity index (χ4v) is 2.94. The lowest BCUT2D eigenvalue weighted by molar-refractivity contribution is -0.128. The molecule has 1 amide bonds. The Hall–Kier alpha value is -1.34. The number of sulfonamides is 1. The molecule has 1 saturated heterocycles.